The van der Waals surface area contributed by atoms with E-state index in [1.165, 1.54) is 13.2 Å². The molecule has 92 valence electrons. The maximum Gasteiger partial charge on any atom is 0.336 e. The van der Waals surface area contributed by atoms with Gasteiger partial charge in [0.05, 0.1) is 18.2 Å². The summed E-state index contributed by atoms with van der Waals surface area (Å²) in [6.45, 7) is 0. The Bertz CT molecular complexity index is 616. The van der Waals surface area contributed by atoms with Crippen LogP contribution in [0.15, 0.2) is 36.4 Å². The van der Waals surface area contributed by atoms with Crippen LogP contribution in [-0.4, -0.2) is 24.1 Å². The average molecular weight is 245 g/mol. The molecule has 0 aliphatic heterocycles. The number of fused-ring (bicyclic) bond motifs is 1. The van der Waals surface area contributed by atoms with Gasteiger partial charge in [-0.05, 0) is 17.5 Å². The second kappa shape index (κ2) is 4.85. The quantitative estimate of drug-likeness (QED) is 0.809. The lowest BCUT2D eigenvalue weighted by Crippen LogP contribution is -2.22. The van der Waals surface area contributed by atoms with E-state index in [1.54, 1.807) is 30.3 Å². The Balaban J connectivity index is 2.73. The lowest BCUT2D eigenvalue weighted by molar-refractivity contribution is 0.0539. The number of carbonyl (C=O) groups is 2. The molecule has 5 nitrogen and oxygen atoms in total. The summed E-state index contributed by atoms with van der Waals surface area (Å²) in [5, 5.41) is 10.3. The third-order valence-electron chi connectivity index (χ3n) is 2.57. The summed E-state index contributed by atoms with van der Waals surface area (Å²) >= 11 is 0. The van der Waals surface area contributed by atoms with Crippen LogP contribution in [0.4, 0.5) is 0 Å². The molecule has 0 aliphatic carbocycles. The molecule has 2 N–H and O–H groups in total. The van der Waals surface area contributed by atoms with Crippen molar-refractivity contribution in [2.45, 2.75) is 0 Å². The molecule has 2 rings (SSSR count). The highest BCUT2D eigenvalue weighted by atomic mass is 16.6. The van der Waals surface area contributed by atoms with Gasteiger partial charge in [-0.25, -0.2) is 10.3 Å². The van der Waals surface area contributed by atoms with Crippen molar-refractivity contribution in [2.24, 2.45) is 0 Å². The van der Waals surface area contributed by atoms with Crippen molar-refractivity contribution in [1.82, 2.24) is 5.48 Å². The Morgan fingerprint density at radius 3 is 2.28 bits per heavy atom. The molecule has 0 aliphatic rings. The van der Waals surface area contributed by atoms with E-state index in [9.17, 15) is 9.59 Å². The monoisotopic (exact) mass is 245 g/mol. The first-order valence-electron chi connectivity index (χ1n) is 5.23. The zero-order chi connectivity index (χ0) is 13.1. The Morgan fingerprint density at radius 1 is 1.11 bits per heavy atom. The minimum Gasteiger partial charge on any atom is -0.478 e. The minimum absolute atomic E-state index is 0.0920. The van der Waals surface area contributed by atoms with Gasteiger partial charge in [-0.2, -0.15) is 0 Å². The fraction of sp³-hybridized carbons (Fsp3) is 0.0769. The summed E-state index contributed by atoms with van der Waals surface area (Å²) in [6.07, 6.45) is 0. The molecule has 0 spiro atoms. The lowest BCUT2D eigenvalue weighted by Gasteiger charge is -2.08. The molecular weight excluding hydrogens is 234 g/mol. The summed E-state index contributed by atoms with van der Waals surface area (Å²) in [5.74, 6) is -1.55. The number of hydrogen-bond acceptors (Lipinski definition) is 3. The molecule has 0 aromatic heterocycles. The molecule has 1 amide bonds. The number of carboxylic acid groups (broad SMARTS) is 1. The predicted octanol–water partition coefficient (Wildman–Crippen LogP) is 1.83. The van der Waals surface area contributed by atoms with Gasteiger partial charge in [0.15, 0.2) is 0 Å². The summed E-state index contributed by atoms with van der Waals surface area (Å²) < 4.78 is 0. The van der Waals surface area contributed by atoms with Gasteiger partial charge in [-0.3, -0.25) is 9.63 Å². The van der Waals surface area contributed by atoms with E-state index in [0.717, 1.165) is 0 Å². The van der Waals surface area contributed by atoms with Crippen molar-refractivity contribution < 1.29 is 19.5 Å². The summed E-state index contributed by atoms with van der Waals surface area (Å²) in [7, 11) is 1.32. The molecular formula is C13H11NO4. The number of hydroxylamine groups is 1. The largest absolute Gasteiger partial charge is 0.478 e. The number of hydrogen-bond donors (Lipinski definition) is 2. The highest BCUT2D eigenvalue weighted by molar-refractivity contribution is 6.14. The Kier molecular flexibility index (Phi) is 3.25. The minimum atomic E-state index is -1.07. The Labute approximate surface area is 103 Å². The van der Waals surface area contributed by atoms with E-state index in [0.29, 0.717) is 10.8 Å². The van der Waals surface area contributed by atoms with Gasteiger partial charge in [0.2, 0.25) is 0 Å². The van der Waals surface area contributed by atoms with E-state index < -0.39 is 11.9 Å². The SMILES string of the molecule is CONC(=O)c1cccc2cccc(C(=O)O)c12. The van der Waals surface area contributed by atoms with E-state index in [2.05, 4.69) is 10.3 Å². The smallest absolute Gasteiger partial charge is 0.336 e. The molecule has 0 saturated heterocycles. The van der Waals surface area contributed by atoms with E-state index in [-0.39, 0.29) is 11.1 Å². The van der Waals surface area contributed by atoms with Crippen LogP contribution in [0.2, 0.25) is 0 Å². The summed E-state index contributed by atoms with van der Waals surface area (Å²) in [4.78, 5) is 27.5. The van der Waals surface area contributed by atoms with E-state index in [1.807, 2.05) is 0 Å². The first kappa shape index (κ1) is 12.1. The number of nitrogens with one attached hydrogen (secondary N) is 1. The molecule has 0 heterocycles. The third-order valence-corrected chi connectivity index (χ3v) is 2.57. The maximum absolute atomic E-state index is 11.8. The molecule has 18 heavy (non-hydrogen) atoms. The zero-order valence-electron chi connectivity index (χ0n) is 9.64. The zero-order valence-corrected chi connectivity index (χ0v) is 9.64. The fourth-order valence-electron chi connectivity index (χ4n) is 1.86. The van der Waals surface area contributed by atoms with Gasteiger partial charge >= 0.3 is 5.97 Å². The van der Waals surface area contributed by atoms with Gasteiger partial charge < -0.3 is 5.11 Å². The molecule has 2 aromatic rings. The van der Waals surface area contributed by atoms with Crippen LogP contribution in [-0.2, 0) is 4.84 Å². The number of amides is 1. The number of carbonyl (C=O) groups excluding carboxylic acids is 1. The van der Waals surface area contributed by atoms with Gasteiger partial charge in [0.25, 0.3) is 5.91 Å². The van der Waals surface area contributed by atoms with E-state index in [4.69, 9.17) is 5.11 Å². The van der Waals surface area contributed by atoms with Gasteiger partial charge in [-0.15, -0.1) is 0 Å². The van der Waals surface area contributed by atoms with Gasteiger partial charge in [0.1, 0.15) is 0 Å². The fourth-order valence-corrected chi connectivity index (χ4v) is 1.86. The predicted molar refractivity (Wildman–Crippen MR) is 65.4 cm³/mol. The number of aromatic carboxylic acids is 1. The summed E-state index contributed by atoms with van der Waals surface area (Å²) in [6, 6.07) is 9.87. The lowest BCUT2D eigenvalue weighted by atomic mass is 9.99. The first-order valence-corrected chi connectivity index (χ1v) is 5.23. The van der Waals surface area contributed by atoms with Crippen LogP contribution in [0, 0.1) is 0 Å². The Morgan fingerprint density at radius 2 is 1.72 bits per heavy atom. The van der Waals surface area contributed by atoms with Crippen LogP contribution < -0.4 is 5.48 Å². The standard InChI is InChI=1S/C13H11NO4/c1-18-14-12(15)9-6-2-4-8-5-3-7-10(11(8)9)13(16)17/h2-7H,1H3,(H,14,15)(H,16,17). The van der Waals surface area contributed by atoms with Crippen LogP contribution in [0.25, 0.3) is 10.8 Å². The second-order valence-corrected chi connectivity index (χ2v) is 3.65. The molecule has 0 bridgehead atoms. The molecule has 2 aromatic carbocycles. The van der Waals surface area contributed by atoms with Gasteiger partial charge in [-0.1, -0.05) is 24.3 Å². The van der Waals surface area contributed by atoms with Crippen molar-refractivity contribution in [2.75, 3.05) is 7.11 Å². The molecule has 0 atom stereocenters. The van der Waals surface area contributed by atoms with Gasteiger partial charge in [0, 0.05) is 5.39 Å². The number of benzene rings is 2. The Hall–Kier alpha value is -2.40. The highest BCUT2D eigenvalue weighted by Gasteiger charge is 2.15. The molecule has 0 radical (unpaired) electrons. The average Bonchev–Trinajstić information content (AvgIpc) is 2.37. The van der Waals surface area contributed by atoms with Crippen molar-refractivity contribution in [3.05, 3.63) is 47.5 Å². The molecule has 0 unspecified atom stereocenters. The molecule has 5 heteroatoms. The van der Waals surface area contributed by atoms with Crippen molar-refractivity contribution in [3.8, 4) is 0 Å². The van der Waals surface area contributed by atoms with Crippen molar-refractivity contribution >= 4 is 22.6 Å². The molecule has 0 fully saturated rings. The molecule has 0 saturated carbocycles. The third kappa shape index (κ3) is 2.03. The topological polar surface area (TPSA) is 75.6 Å². The highest BCUT2D eigenvalue weighted by Crippen LogP contribution is 2.23. The van der Waals surface area contributed by atoms with Crippen LogP contribution in [0.5, 0.6) is 0 Å². The van der Waals surface area contributed by atoms with Crippen LogP contribution in [0.3, 0.4) is 0 Å². The second-order valence-electron chi connectivity index (χ2n) is 3.65. The number of carboxylic acids is 1. The first-order chi connectivity index (χ1) is 8.65. The van der Waals surface area contributed by atoms with Crippen molar-refractivity contribution in [1.29, 1.82) is 0 Å². The van der Waals surface area contributed by atoms with Crippen LogP contribution >= 0.6 is 0 Å². The van der Waals surface area contributed by atoms with E-state index >= 15 is 0 Å². The van der Waals surface area contributed by atoms with Crippen molar-refractivity contribution in [3.63, 3.8) is 0 Å². The van der Waals surface area contributed by atoms with Crippen LogP contribution in [0.1, 0.15) is 20.7 Å². The maximum atomic E-state index is 11.8. The summed E-state index contributed by atoms with van der Waals surface area (Å²) in [5.41, 5.74) is 2.55. The normalized spacial score (nSPS) is 10.3. The number of rotatable bonds is 3.